The van der Waals surface area contributed by atoms with Gasteiger partial charge in [0.05, 0.1) is 19.0 Å². The molecule has 124 valence electrons. The number of fused-ring (bicyclic) bond motifs is 1. The van der Waals surface area contributed by atoms with Gasteiger partial charge in [-0.1, -0.05) is 30.3 Å². The number of ether oxygens (including phenoxy) is 1. The third-order valence-corrected chi connectivity index (χ3v) is 4.12. The van der Waals surface area contributed by atoms with E-state index >= 15 is 0 Å². The van der Waals surface area contributed by atoms with Crippen LogP contribution in [0.2, 0.25) is 0 Å². The Labute approximate surface area is 145 Å². The molecule has 0 amide bonds. The van der Waals surface area contributed by atoms with Crippen LogP contribution in [0.25, 0.3) is 16.9 Å². The van der Waals surface area contributed by atoms with Gasteiger partial charge in [0, 0.05) is 35.6 Å². The van der Waals surface area contributed by atoms with Gasteiger partial charge < -0.3 is 10.1 Å². The standard InChI is InChI=1S/C20H18N4O/c1-25-19-8-3-2-5-16(19)14-22-17-7-4-6-15(13-17)18-9-11-21-20-10-12-23-24(18)20/h2-13,22H,14H2,1H3. The van der Waals surface area contributed by atoms with Crippen molar-refractivity contribution in [2.75, 3.05) is 12.4 Å². The van der Waals surface area contributed by atoms with Gasteiger partial charge in [-0.3, -0.25) is 0 Å². The van der Waals surface area contributed by atoms with E-state index in [1.54, 1.807) is 19.5 Å². The molecule has 0 atom stereocenters. The van der Waals surface area contributed by atoms with Crippen LogP contribution in [0.5, 0.6) is 5.75 Å². The number of hydrogen-bond acceptors (Lipinski definition) is 4. The van der Waals surface area contributed by atoms with Gasteiger partial charge >= 0.3 is 0 Å². The lowest BCUT2D eigenvalue weighted by atomic mass is 10.1. The van der Waals surface area contributed by atoms with Gasteiger partial charge in [-0.15, -0.1) is 0 Å². The summed E-state index contributed by atoms with van der Waals surface area (Å²) in [6.45, 7) is 0.695. The summed E-state index contributed by atoms with van der Waals surface area (Å²) in [5.74, 6) is 0.888. The maximum absolute atomic E-state index is 5.41. The number of benzene rings is 2. The normalized spacial score (nSPS) is 10.8. The highest BCUT2D eigenvalue weighted by molar-refractivity contribution is 5.67. The Hall–Kier alpha value is -3.34. The third kappa shape index (κ3) is 3.04. The number of nitrogens with one attached hydrogen (secondary N) is 1. The van der Waals surface area contributed by atoms with E-state index < -0.39 is 0 Å². The minimum atomic E-state index is 0.695. The molecule has 4 aromatic rings. The van der Waals surface area contributed by atoms with Crippen LogP contribution in [0.4, 0.5) is 5.69 Å². The summed E-state index contributed by atoms with van der Waals surface area (Å²) in [5, 5.41) is 7.82. The van der Waals surface area contributed by atoms with Crippen LogP contribution in [-0.4, -0.2) is 21.7 Å². The van der Waals surface area contributed by atoms with Crippen LogP contribution in [0, 0.1) is 0 Å². The summed E-state index contributed by atoms with van der Waals surface area (Å²) in [5.41, 5.74) is 5.09. The molecule has 0 aliphatic heterocycles. The molecule has 0 radical (unpaired) electrons. The predicted molar refractivity (Wildman–Crippen MR) is 98.7 cm³/mol. The van der Waals surface area contributed by atoms with Crippen molar-refractivity contribution in [2.45, 2.75) is 6.54 Å². The molecule has 2 aromatic carbocycles. The maximum Gasteiger partial charge on any atom is 0.155 e. The fourth-order valence-corrected chi connectivity index (χ4v) is 2.89. The largest absolute Gasteiger partial charge is 0.496 e. The Morgan fingerprint density at radius 3 is 2.84 bits per heavy atom. The Kier molecular flexibility index (Phi) is 4.04. The molecule has 0 spiro atoms. The summed E-state index contributed by atoms with van der Waals surface area (Å²) in [6.07, 6.45) is 3.57. The monoisotopic (exact) mass is 330 g/mol. The van der Waals surface area contributed by atoms with Crippen molar-refractivity contribution >= 4 is 11.3 Å². The summed E-state index contributed by atoms with van der Waals surface area (Å²) < 4.78 is 7.25. The van der Waals surface area contributed by atoms with Gasteiger partial charge in [-0.2, -0.15) is 5.10 Å². The molecule has 0 aliphatic rings. The zero-order valence-electron chi connectivity index (χ0n) is 13.9. The highest BCUT2D eigenvalue weighted by Crippen LogP contribution is 2.24. The van der Waals surface area contributed by atoms with Crippen molar-refractivity contribution in [2.24, 2.45) is 0 Å². The Morgan fingerprint density at radius 2 is 1.92 bits per heavy atom. The zero-order chi connectivity index (χ0) is 17.1. The predicted octanol–water partition coefficient (Wildman–Crippen LogP) is 4.02. The van der Waals surface area contributed by atoms with E-state index in [0.29, 0.717) is 6.54 Å². The molecule has 5 heteroatoms. The molecular weight excluding hydrogens is 312 g/mol. The molecule has 2 aromatic heterocycles. The van der Waals surface area contributed by atoms with Crippen molar-refractivity contribution in [1.82, 2.24) is 14.6 Å². The Bertz CT molecular complexity index is 1010. The molecule has 25 heavy (non-hydrogen) atoms. The van der Waals surface area contributed by atoms with E-state index in [1.165, 1.54) is 0 Å². The molecule has 4 rings (SSSR count). The van der Waals surface area contributed by atoms with Gasteiger partial charge in [-0.05, 0) is 24.3 Å². The first kappa shape index (κ1) is 15.2. The second-order valence-electron chi connectivity index (χ2n) is 5.68. The van der Waals surface area contributed by atoms with E-state index in [2.05, 4.69) is 39.7 Å². The first-order valence-electron chi connectivity index (χ1n) is 8.10. The van der Waals surface area contributed by atoms with Crippen molar-refractivity contribution in [3.8, 4) is 17.0 Å². The van der Waals surface area contributed by atoms with E-state index in [0.717, 1.165) is 33.9 Å². The Balaban J connectivity index is 1.61. The number of rotatable bonds is 5. The van der Waals surface area contributed by atoms with Crippen LogP contribution in [-0.2, 0) is 6.54 Å². The number of nitrogens with zero attached hydrogens (tertiary/aromatic N) is 3. The molecule has 1 N–H and O–H groups in total. The van der Waals surface area contributed by atoms with E-state index in [9.17, 15) is 0 Å². The van der Waals surface area contributed by atoms with Crippen LogP contribution in [0.15, 0.2) is 73.1 Å². The van der Waals surface area contributed by atoms with Crippen LogP contribution >= 0.6 is 0 Å². The number of anilines is 1. The van der Waals surface area contributed by atoms with Gasteiger partial charge in [0.1, 0.15) is 5.75 Å². The van der Waals surface area contributed by atoms with Crippen molar-refractivity contribution in [3.05, 3.63) is 78.6 Å². The molecule has 0 aliphatic carbocycles. The van der Waals surface area contributed by atoms with Crippen LogP contribution in [0.3, 0.4) is 0 Å². The fourth-order valence-electron chi connectivity index (χ4n) is 2.89. The third-order valence-electron chi connectivity index (χ3n) is 4.12. The quantitative estimate of drug-likeness (QED) is 0.600. The molecule has 0 unspecified atom stereocenters. The van der Waals surface area contributed by atoms with Gasteiger partial charge in [0.25, 0.3) is 0 Å². The van der Waals surface area contributed by atoms with Gasteiger partial charge in [0.2, 0.25) is 0 Å². The minimum Gasteiger partial charge on any atom is -0.496 e. The van der Waals surface area contributed by atoms with Crippen molar-refractivity contribution in [3.63, 3.8) is 0 Å². The van der Waals surface area contributed by atoms with Crippen LogP contribution in [0.1, 0.15) is 5.56 Å². The van der Waals surface area contributed by atoms with E-state index in [1.807, 2.05) is 40.9 Å². The van der Waals surface area contributed by atoms with Crippen molar-refractivity contribution in [1.29, 1.82) is 0 Å². The lowest BCUT2D eigenvalue weighted by molar-refractivity contribution is 0.410. The maximum atomic E-state index is 5.41. The summed E-state index contributed by atoms with van der Waals surface area (Å²) >= 11 is 0. The number of para-hydroxylation sites is 1. The summed E-state index contributed by atoms with van der Waals surface area (Å²) in [7, 11) is 1.69. The first-order chi connectivity index (χ1) is 12.3. The average Bonchev–Trinajstić information content (AvgIpc) is 3.15. The molecule has 0 fully saturated rings. The lowest BCUT2D eigenvalue weighted by Gasteiger charge is -2.12. The number of methoxy groups -OCH3 is 1. The van der Waals surface area contributed by atoms with Gasteiger partial charge in [-0.25, -0.2) is 9.50 Å². The second-order valence-corrected chi connectivity index (χ2v) is 5.68. The number of hydrogen-bond donors (Lipinski definition) is 1. The van der Waals surface area contributed by atoms with E-state index in [4.69, 9.17) is 4.74 Å². The highest BCUT2D eigenvalue weighted by atomic mass is 16.5. The first-order valence-corrected chi connectivity index (χ1v) is 8.10. The van der Waals surface area contributed by atoms with Gasteiger partial charge in [0.15, 0.2) is 5.65 Å². The molecular formula is C20H18N4O. The lowest BCUT2D eigenvalue weighted by Crippen LogP contribution is -2.02. The molecule has 5 nitrogen and oxygen atoms in total. The minimum absolute atomic E-state index is 0.695. The molecule has 0 saturated carbocycles. The van der Waals surface area contributed by atoms with Crippen molar-refractivity contribution < 1.29 is 4.74 Å². The van der Waals surface area contributed by atoms with E-state index in [-0.39, 0.29) is 0 Å². The molecule has 0 saturated heterocycles. The fraction of sp³-hybridized carbons (Fsp3) is 0.100. The summed E-state index contributed by atoms with van der Waals surface area (Å²) in [4.78, 5) is 4.32. The molecule has 0 bridgehead atoms. The molecule has 2 heterocycles. The smallest absolute Gasteiger partial charge is 0.155 e. The second kappa shape index (κ2) is 6.65. The zero-order valence-corrected chi connectivity index (χ0v) is 13.9. The SMILES string of the molecule is COc1ccccc1CNc1cccc(-c2ccnc3ccnn23)c1. The Morgan fingerprint density at radius 1 is 1.00 bits per heavy atom. The highest BCUT2D eigenvalue weighted by Gasteiger charge is 2.06. The van der Waals surface area contributed by atoms with Crippen LogP contribution < -0.4 is 10.1 Å². The summed E-state index contributed by atoms with van der Waals surface area (Å²) in [6, 6.07) is 20.2. The number of aromatic nitrogens is 3. The average molecular weight is 330 g/mol. The topological polar surface area (TPSA) is 51.5 Å².